The van der Waals surface area contributed by atoms with E-state index in [1.807, 2.05) is 0 Å². The summed E-state index contributed by atoms with van der Waals surface area (Å²) in [5.41, 5.74) is -1.03. The third kappa shape index (κ3) is 4.94. The summed E-state index contributed by atoms with van der Waals surface area (Å²) in [5.74, 6) is -3.88. The Bertz CT molecular complexity index is 889. The van der Waals surface area contributed by atoms with Crippen LogP contribution in [0.15, 0.2) is 30.3 Å². The Balaban J connectivity index is 2.10. The molecule has 0 aliphatic rings. The molecule has 0 aliphatic heterocycles. The summed E-state index contributed by atoms with van der Waals surface area (Å²) < 4.78 is 38.5. The fraction of sp³-hybridized carbons (Fsp3) is 0.118. The predicted molar refractivity (Wildman–Crippen MR) is 94.7 cm³/mol. The van der Waals surface area contributed by atoms with Crippen molar-refractivity contribution in [3.05, 3.63) is 47.0 Å². The first kappa shape index (κ1) is 20.2. The number of rotatable bonds is 4. The van der Waals surface area contributed by atoms with Crippen molar-refractivity contribution >= 4 is 23.3 Å². The van der Waals surface area contributed by atoms with Gasteiger partial charge in [-0.25, -0.2) is 0 Å². The number of aromatic hydroxyl groups is 5. The quantitative estimate of drug-likeness (QED) is 0.265. The Labute approximate surface area is 156 Å². The molecule has 2 aromatic rings. The molecule has 0 unspecified atom stereocenters. The molecule has 10 heteroatoms. The zero-order chi connectivity index (χ0) is 20.4. The molecule has 2 aromatic carbocycles. The molecule has 0 atom stereocenters. The van der Waals surface area contributed by atoms with Crippen LogP contribution in [-0.4, -0.2) is 30.5 Å². The minimum atomic E-state index is -4.84. The highest BCUT2D eigenvalue weighted by molar-refractivity contribution is 7.80. The second-order valence-electron chi connectivity index (χ2n) is 5.47. The zero-order valence-corrected chi connectivity index (χ0v) is 14.3. The van der Waals surface area contributed by atoms with Crippen LogP contribution in [0.1, 0.15) is 16.7 Å². The van der Waals surface area contributed by atoms with Gasteiger partial charge in [0, 0.05) is 6.54 Å². The van der Waals surface area contributed by atoms with Crippen molar-refractivity contribution in [1.29, 1.82) is 0 Å². The molecule has 6 N–H and O–H groups in total. The number of halogens is 3. The van der Waals surface area contributed by atoms with Crippen molar-refractivity contribution in [2.24, 2.45) is 0 Å². The lowest BCUT2D eigenvalue weighted by Crippen LogP contribution is -2.18. The Kier molecular flexibility index (Phi) is 5.69. The number of benzene rings is 2. The van der Waals surface area contributed by atoms with Gasteiger partial charge in [-0.2, -0.15) is 13.2 Å². The van der Waals surface area contributed by atoms with E-state index in [9.17, 15) is 38.7 Å². The first-order valence-electron chi connectivity index (χ1n) is 7.32. The van der Waals surface area contributed by atoms with Crippen LogP contribution in [0.2, 0.25) is 0 Å². The van der Waals surface area contributed by atoms with Crippen molar-refractivity contribution in [2.75, 3.05) is 0 Å². The van der Waals surface area contributed by atoms with E-state index in [-0.39, 0.29) is 17.1 Å². The van der Waals surface area contributed by atoms with Crippen LogP contribution in [0.4, 0.5) is 13.2 Å². The highest BCUT2D eigenvalue weighted by Crippen LogP contribution is 2.41. The van der Waals surface area contributed by atoms with Crippen molar-refractivity contribution in [3.8, 4) is 28.7 Å². The number of hydrogen-bond acceptors (Lipinski definition) is 6. The fourth-order valence-corrected chi connectivity index (χ4v) is 2.28. The summed E-state index contributed by atoms with van der Waals surface area (Å²) in [7, 11) is 0. The van der Waals surface area contributed by atoms with Crippen molar-refractivity contribution in [3.63, 3.8) is 0 Å². The average Bonchev–Trinajstić information content (AvgIpc) is 2.57. The average molecular weight is 401 g/mol. The topological polar surface area (TPSA) is 113 Å². The van der Waals surface area contributed by atoms with Crippen LogP contribution in [0.3, 0.4) is 0 Å². The van der Waals surface area contributed by atoms with E-state index in [2.05, 4.69) is 5.32 Å². The summed E-state index contributed by atoms with van der Waals surface area (Å²) in [5, 5.41) is 49.6. The number of alkyl halides is 3. The number of phenolic OH excluding ortho intramolecular Hbond substituents is 5. The van der Waals surface area contributed by atoms with Crippen LogP contribution >= 0.6 is 12.2 Å². The van der Waals surface area contributed by atoms with E-state index in [0.29, 0.717) is 11.6 Å². The molecule has 0 saturated carbocycles. The molecule has 0 bridgehead atoms. The smallest absolute Gasteiger partial charge is 0.420 e. The van der Waals surface area contributed by atoms with Crippen LogP contribution in [0, 0.1) is 0 Å². The standard InChI is InChI=1S/C17H14F3NO5S/c18-17(19,20)10-3-8(4-11(22)15(10)25)1-2-14(27)21-7-9-5-12(23)16(26)13(24)6-9/h1-6,22-26H,7H2,(H,21,27). The maximum absolute atomic E-state index is 12.8. The lowest BCUT2D eigenvalue weighted by Gasteiger charge is -2.11. The maximum atomic E-state index is 12.8. The number of thiocarbonyl (C=S) groups is 1. The highest BCUT2D eigenvalue weighted by atomic mass is 32.1. The first-order valence-corrected chi connectivity index (χ1v) is 7.72. The Morgan fingerprint density at radius 3 is 2.04 bits per heavy atom. The first-order chi connectivity index (χ1) is 12.5. The second-order valence-corrected chi connectivity index (χ2v) is 5.91. The molecule has 0 spiro atoms. The molecule has 27 heavy (non-hydrogen) atoms. The maximum Gasteiger partial charge on any atom is 0.420 e. The van der Waals surface area contributed by atoms with Gasteiger partial charge in [-0.15, -0.1) is 0 Å². The minimum Gasteiger partial charge on any atom is -0.504 e. The summed E-state index contributed by atoms with van der Waals surface area (Å²) >= 11 is 5.00. The molecule has 0 aromatic heterocycles. The monoisotopic (exact) mass is 401 g/mol. The van der Waals surface area contributed by atoms with Gasteiger partial charge in [0.1, 0.15) is 5.56 Å². The van der Waals surface area contributed by atoms with Crippen molar-refractivity contribution < 1.29 is 38.7 Å². The number of phenols is 5. The Morgan fingerprint density at radius 1 is 0.926 bits per heavy atom. The molecule has 0 fully saturated rings. The van der Waals surface area contributed by atoms with Crippen molar-refractivity contribution in [1.82, 2.24) is 5.32 Å². The van der Waals surface area contributed by atoms with Gasteiger partial charge in [-0.3, -0.25) is 0 Å². The molecule has 6 nitrogen and oxygen atoms in total. The molecule has 0 radical (unpaired) electrons. The molecular formula is C17H14F3NO5S. The van der Waals surface area contributed by atoms with E-state index in [0.717, 1.165) is 6.07 Å². The van der Waals surface area contributed by atoms with E-state index in [1.165, 1.54) is 24.3 Å². The van der Waals surface area contributed by atoms with E-state index in [1.54, 1.807) is 0 Å². The predicted octanol–water partition coefficient (Wildman–Crippen LogP) is 3.36. The van der Waals surface area contributed by atoms with Gasteiger partial charge in [-0.1, -0.05) is 18.3 Å². The zero-order valence-electron chi connectivity index (χ0n) is 13.4. The Hall–Kier alpha value is -3.14. The molecule has 0 saturated heterocycles. The summed E-state index contributed by atoms with van der Waals surface area (Å²) in [6, 6.07) is 3.99. The lowest BCUT2D eigenvalue weighted by molar-refractivity contribution is -0.138. The van der Waals surface area contributed by atoms with E-state index < -0.39 is 40.5 Å². The molecule has 2 rings (SSSR count). The van der Waals surface area contributed by atoms with Gasteiger partial charge >= 0.3 is 6.18 Å². The molecule has 0 heterocycles. The van der Waals surface area contributed by atoms with E-state index in [4.69, 9.17) is 12.2 Å². The van der Waals surface area contributed by atoms with Gasteiger partial charge in [-0.05, 0) is 41.5 Å². The highest BCUT2D eigenvalue weighted by Gasteiger charge is 2.35. The molecule has 0 amide bonds. The summed E-state index contributed by atoms with van der Waals surface area (Å²) in [6.45, 7) is 0.0548. The minimum absolute atomic E-state index is 0.0401. The Morgan fingerprint density at radius 2 is 1.48 bits per heavy atom. The molecule has 144 valence electrons. The third-order valence-electron chi connectivity index (χ3n) is 3.44. The SMILES string of the molecule is Oc1cc(CNC(=S)C=Cc2cc(O)c(O)c(C(F)(F)F)c2)cc(O)c1O. The van der Waals surface area contributed by atoms with Gasteiger partial charge in [0.2, 0.25) is 0 Å². The van der Waals surface area contributed by atoms with E-state index >= 15 is 0 Å². The van der Waals surface area contributed by atoms with Crippen LogP contribution in [-0.2, 0) is 12.7 Å². The van der Waals surface area contributed by atoms with Crippen LogP contribution in [0.25, 0.3) is 6.08 Å². The fourth-order valence-electron chi connectivity index (χ4n) is 2.14. The van der Waals surface area contributed by atoms with Crippen molar-refractivity contribution in [2.45, 2.75) is 12.7 Å². The van der Waals surface area contributed by atoms with Crippen LogP contribution < -0.4 is 5.32 Å². The molecule has 0 aliphatic carbocycles. The normalized spacial score (nSPS) is 11.7. The lowest BCUT2D eigenvalue weighted by atomic mass is 10.1. The number of nitrogens with one attached hydrogen (secondary N) is 1. The third-order valence-corrected chi connectivity index (χ3v) is 3.72. The van der Waals surface area contributed by atoms with Gasteiger partial charge in [0.05, 0.1) is 4.99 Å². The summed E-state index contributed by atoms with van der Waals surface area (Å²) in [6.07, 6.45) is -2.37. The molecular weight excluding hydrogens is 387 g/mol. The second kappa shape index (κ2) is 7.62. The summed E-state index contributed by atoms with van der Waals surface area (Å²) in [4.78, 5) is 0.114. The number of hydrogen-bond donors (Lipinski definition) is 6. The van der Waals surface area contributed by atoms with Gasteiger partial charge < -0.3 is 30.8 Å². The van der Waals surface area contributed by atoms with Gasteiger partial charge in [0.25, 0.3) is 0 Å². The van der Waals surface area contributed by atoms with Gasteiger partial charge in [0.15, 0.2) is 28.7 Å². The van der Waals surface area contributed by atoms with Crippen LogP contribution in [0.5, 0.6) is 28.7 Å². The largest absolute Gasteiger partial charge is 0.504 e.